The zero-order valence-electron chi connectivity index (χ0n) is 7.97. The van der Waals surface area contributed by atoms with Gasteiger partial charge in [0.15, 0.2) is 0 Å². The predicted molar refractivity (Wildman–Crippen MR) is 50.9 cm³/mol. The van der Waals surface area contributed by atoms with Crippen molar-refractivity contribution >= 4 is 0 Å². The third-order valence-electron chi connectivity index (χ3n) is 4.03. The van der Waals surface area contributed by atoms with Crippen molar-refractivity contribution in [2.45, 2.75) is 38.1 Å². The van der Waals surface area contributed by atoms with Gasteiger partial charge < -0.3 is 11.1 Å². The summed E-state index contributed by atoms with van der Waals surface area (Å²) in [6, 6.07) is 0. The molecule has 1 saturated heterocycles. The fourth-order valence-electron chi connectivity index (χ4n) is 2.73. The van der Waals surface area contributed by atoms with Crippen LogP contribution in [0.15, 0.2) is 0 Å². The number of hydrogen-bond donors (Lipinski definition) is 2. The fourth-order valence-corrected chi connectivity index (χ4v) is 2.73. The van der Waals surface area contributed by atoms with E-state index in [1.54, 1.807) is 0 Å². The smallest absolute Gasteiger partial charge is 0.0209 e. The van der Waals surface area contributed by atoms with Crippen molar-refractivity contribution < 1.29 is 0 Å². The zero-order valence-corrected chi connectivity index (χ0v) is 7.97. The van der Waals surface area contributed by atoms with E-state index in [9.17, 15) is 0 Å². The molecule has 2 unspecified atom stereocenters. The maximum absolute atomic E-state index is 6.39. The summed E-state index contributed by atoms with van der Waals surface area (Å²) in [6.07, 6.45) is 5.20. The van der Waals surface area contributed by atoms with Gasteiger partial charge in [0.05, 0.1) is 0 Å². The van der Waals surface area contributed by atoms with Crippen LogP contribution >= 0.6 is 0 Å². The Labute approximate surface area is 74.9 Å². The lowest BCUT2D eigenvalue weighted by Crippen LogP contribution is -2.60. The number of nitrogens with two attached hydrogens (primary N) is 1. The molecule has 0 bridgehead atoms. The lowest BCUT2D eigenvalue weighted by molar-refractivity contribution is 0.0557. The van der Waals surface area contributed by atoms with Crippen LogP contribution in [0.5, 0.6) is 0 Å². The average molecular weight is 168 g/mol. The van der Waals surface area contributed by atoms with Crippen molar-refractivity contribution in [3.05, 3.63) is 0 Å². The lowest BCUT2D eigenvalue weighted by atomic mass is 9.59. The SMILES string of the molecule is CC1CCC1(N)C1CCNCC1. The first-order valence-electron chi connectivity index (χ1n) is 5.23. The highest BCUT2D eigenvalue weighted by Gasteiger charge is 2.46. The molecule has 0 aromatic rings. The van der Waals surface area contributed by atoms with Crippen molar-refractivity contribution in [2.24, 2.45) is 17.6 Å². The summed E-state index contributed by atoms with van der Waals surface area (Å²) < 4.78 is 0. The molecule has 2 heteroatoms. The zero-order chi connectivity index (χ0) is 8.60. The van der Waals surface area contributed by atoms with Crippen molar-refractivity contribution in [1.29, 1.82) is 0 Å². The van der Waals surface area contributed by atoms with Gasteiger partial charge in [-0.2, -0.15) is 0 Å². The van der Waals surface area contributed by atoms with Gasteiger partial charge in [0.25, 0.3) is 0 Å². The first kappa shape index (κ1) is 8.52. The minimum absolute atomic E-state index is 0.210. The lowest BCUT2D eigenvalue weighted by Gasteiger charge is -2.51. The maximum Gasteiger partial charge on any atom is 0.0209 e. The van der Waals surface area contributed by atoms with E-state index in [1.165, 1.54) is 38.8 Å². The summed E-state index contributed by atoms with van der Waals surface area (Å²) in [5.74, 6) is 1.56. The van der Waals surface area contributed by atoms with Crippen molar-refractivity contribution in [1.82, 2.24) is 5.32 Å². The van der Waals surface area contributed by atoms with E-state index in [2.05, 4.69) is 12.2 Å². The summed E-state index contributed by atoms with van der Waals surface area (Å²) in [4.78, 5) is 0. The number of nitrogens with one attached hydrogen (secondary N) is 1. The van der Waals surface area contributed by atoms with E-state index in [0.717, 1.165) is 11.8 Å². The Hall–Kier alpha value is -0.0800. The second-order valence-electron chi connectivity index (χ2n) is 4.58. The molecule has 2 rings (SSSR count). The summed E-state index contributed by atoms with van der Waals surface area (Å²) in [5.41, 5.74) is 6.60. The van der Waals surface area contributed by atoms with E-state index in [0.29, 0.717) is 0 Å². The third-order valence-corrected chi connectivity index (χ3v) is 4.03. The van der Waals surface area contributed by atoms with E-state index in [4.69, 9.17) is 5.73 Å². The molecule has 0 radical (unpaired) electrons. The molecule has 0 spiro atoms. The molecular formula is C10H20N2. The monoisotopic (exact) mass is 168 g/mol. The van der Waals surface area contributed by atoms with Crippen molar-refractivity contribution in [3.8, 4) is 0 Å². The van der Waals surface area contributed by atoms with Gasteiger partial charge in [0.2, 0.25) is 0 Å². The Morgan fingerprint density at radius 1 is 1.25 bits per heavy atom. The molecule has 2 nitrogen and oxygen atoms in total. The summed E-state index contributed by atoms with van der Waals surface area (Å²) >= 11 is 0. The number of piperidine rings is 1. The quantitative estimate of drug-likeness (QED) is 0.615. The fraction of sp³-hybridized carbons (Fsp3) is 1.00. The molecule has 1 heterocycles. The van der Waals surface area contributed by atoms with Gasteiger partial charge in [-0.15, -0.1) is 0 Å². The Bertz CT molecular complexity index is 163. The summed E-state index contributed by atoms with van der Waals surface area (Å²) in [6.45, 7) is 4.66. The van der Waals surface area contributed by atoms with Crippen LogP contribution in [0.1, 0.15) is 32.6 Å². The van der Waals surface area contributed by atoms with Crippen LogP contribution in [-0.4, -0.2) is 18.6 Å². The maximum atomic E-state index is 6.39. The second kappa shape index (κ2) is 3.00. The van der Waals surface area contributed by atoms with Crippen LogP contribution in [0.25, 0.3) is 0 Å². The highest BCUT2D eigenvalue weighted by molar-refractivity contribution is 5.03. The van der Waals surface area contributed by atoms with Crippen molar-refractivity contribution in [3.63, 3.8) is 0 Å². The Kier molecular flexibility index (Phi) is 2.13. The van der Waals surface area contributed by atoms with E-state index in [-0.39, 0.29) is 5.54 Å². The first-order chi connectivity index (χ1) is 5.73. The minimum atomic E-state index is 0.210. The largest absolute Gasteiger partial charge is 0.325 e. The molecular weight excluding hydrogens is 148 g/mol. The Morgan fingerprint density at radius 2 is 1.92 bits per heavy atom. The Balaban J connectivity index is 1.97. The Morgan fingerprint density at radius 3 is 2.33 bits per heavy atom. The van der Waals surface area contributed by atoms with Crippen LogP contribution in [0, 0.1) is 11.8 Å². The normalized spacial score (nSPS) is 44.0. The molecule has 1 aliphatic heterocycles. The van der Waals surface area contributed by atoms with E-state index >= 15 is 0 Å². The topological polar surface area (TPSA) is 38.0 Å². The van der Waals surface area contributed by atoms with Gasteiger partial charge in [-0.25, -0.2) is 0 Å². The number of rotatable bonds is 1. The molecule has 0 amide bonds. The van der Waals surface area contributed by atoms with Gasteiger partial charge in [-0.05, 0) is 50.6 Å². The third kappa shape index (κ3) is 1.17. The average Bonchev–Trinajstić information content (AvgIpc) is 2.16. The molecule has 0 aromatic heterocycles. The highest BCUT2D eigenvalue weighted by Crippen LogP contribution is 2.44. The molecule has 1 aliphatic carbocycles. The molecule has 2 fully saturated rings. The van der Waals surface area contributed by atoms with Gasteiger partial charge in [-0.3, -0.25) is 0 Å². The number of hydrogen-bond acceptors (Lipinski definition) is 2. The van der Waals surface area contributed by atoms with E-state index in [1.807, 2.05) is 0 Å². The van der Waals surface area contributed by atoms with E-state index < -0.39 is 0 Å². The highest BCUT2D eigenvalue weighted by atomic mass is 14.9. The standard InChI is InChI=1S/C10H20N2/c1-8-2-5-10(8,11)9-3-6-12-7-4-9/h8-9,12H,2-7,11H2,1H3. The molecule has 1 saturated carbocycles. The van der Waals surface area contributed by atoms with Gasteiger partial charge in [-0.1, -0.05) is 6.92 Å². The van der Waals surface area contributed by atoms with Crippen LogP contribution in [0.2, 0.25) is 0 Å². The molecule has 2 aliphatic rings. The van der Waals surface area contributed by atoms with Crippen LogP contribution in [0.3, 0.4) is 0 Å². The molecule has 3 N–H and O–H groups in total. The van der Waals surface area contributed by atoms with Gasteiger partial charge >= 0.3 is 0 Å². The van der Waals surface area contributed by atoms with Crippen LogP contribution in [0.4, 0.5) is 0 Å². The second-order valence-corrected chi connectivity index (χ2v) is 4.58. The van der Waals surface area contributed by atoms with Gasteiger partial charge in [0, 0.05) is 5.54 Å². The van der Waals surface area contributed by atoms with Gasteiger partial charge in [0.1, 0.15) is 0 Å². The molecule has 70 valence electrons. The minimum Gasteiger partial charge on any atom is -0.325 e. The molecule has 12 heavy (non-hydrogen) atoms. The van der Waals surface area contributed by atoms with Crippen LogP contribution < -0.4 is 11.1 Å². The van der Waals surface area contributed by atoms with Crippen molar-refractivity contribution in [2.75, 3.05) is 13.1 Å². The predicted octanol–water partition coefficient (Wildman–Crippen LogP) is 1.11. The summed E-state index contributed by atoms with van der Waals surface area (Å²) in [7, 11) is 0. The molecule has 2 atom stereocenters. The molecule has 0 aromatic carbocycles. The summed E-state index contributed by atoms with van der Waals surface area (Å²) in [5, 5.41) is 3.39. The van der Waals surface area contributed by atoms with Crippen LogP contribution in [-0.2, 0) is 0 Å². The first-order valence-corrected chi connectivity index (χ1v) is 5.23.